The number of anilines is 2. The molecule has 0 aliphatic heterocycles. The van der Waals surface area contributed by atoms with Crippen LogP contribution in [0.2, 0.25) is 0 Å². The van der Waals surface area contributed by atoms with Gasteiger partial charge in [-0.15, -0.1) is 0 Å². The van der Waals surface area contributed by atoms with Gasteiger partial charge in [-0.05, 0) is 37.8 Å². The lowest BCUT2D eigenvalue weighted by Gasteiger charge is -2.39. The van der Waals surface area contributed by atoms with Crippen LogP contribution in [0.1, 0.15) is 36.0 Å². The molecule has 0 radical (unpaired) electrons. The summed E-state index contributed by atoms with van der Waals surface area (Å²) in [5.74, 6) is -1.68. The number of nitrogens with two attached hydrogens (primary N) is 1. The largest absolute Gasteiger partial charge is 0.478 e. The molecule has 5 nitrogen and oxygen atoms in total. The predicted molar refractivity (Wildman–Crippen MR) is 74.5 cm³/mol. The van der Waals surface area contributed by atoms with Gasteiger partial charge in [0.2, 0.25) is 0 Å². The van der Waals surface area contributed by atoms with Crippen molar-refractivity contribution in [1.29, 1.82) is 0 Å². The second-order valence-electron chi connectivity index (χ2n) is 5.05. The van der Waals surface area contributed by atoms with Crippen LogP contribution < -0.4 is 10.6 Å². The molecule has 4 N–H and O–H groups in total. The zero-order chi connectivity index (χ0) is 14.7. The van der Waals surface area contributed by atoms with Crippen molar-refractivity contribution in [2.45, 2.75) is 31.7 Å². The molecule has 2 rings (SSSR count). The van der Waals surface area contributed by atoms with Crippen LogP contribution in [-0.4, -0.2) is 35.4 Å². The van der Waals surface area contributed by atoms with Gasteiger partial charge in [0.25, 0.3) is 0 Å². The van der Waals surface area contributed by atoms with E-state index in [0.717, 1.165) is 25.3 Å². The van der Waals surface area contributed by atoms with Gasteiger partial charge in [0.1, 0.15) is 5.82 Å². The van der Waals surface area contributed by atoms with Gasteiger partial charge in [0, 0.05) is 24.9 Å². The van der Waals surface area contributed by atoms with E-state index in [9.17, 15) is 9.18 Å². The normalized spacial score (nSPS) is 14.9. The van der Waals surface area contributed by atoms with Crippen molar-refractivity contribution in [1.82, 2.24) is 0 Å². The molecule has 0 unspecified atom stereocenters. The van der Waals surface area contributed by atoms with Crippen molar-refractivity contribution in [2.24, 2.45) is 0 Å². The molecular weight excluding hydrogens is 263 g/mol. The molecule has 110 valence electrons. The number of carboxylic acids is 1. The molecule has 0 amide bonds. The van der Waals surface area contributed by atoms with Crippen molar-refractivity contribution >= 4 is 17.3 Å². The van der Waals surface area contributed by atoms with Crippen LogP contribution in [0.4, 0.5) is 15.8 Å². The van der Waals surface area contributed by atoms with E-state index < -0.39 is 11.8 Å². The average molecular weight is 282 g/mol. The molecule has 1 saturated carbocycles. The molecule has 20 heavy (non-hydrogen) atoms. The van der Waals surface area contributed by atoms with E-state index in [1.54, 1.807) is 0 Å². The highest BCUT2D eigenvalue weighted by molar-refractivity contribution is 5.95. The third-order valence-electron chi connectivity index (χ3n) is 3.73. The third kappa shape index (κ3) is 2.85. The van der Waals surface area contributed by atoms with Crippen LogP contribution in [0.3, 0.4) is 0 Å². The summed E-state index contributed by atoms with van der Waals surface area (Å²) in [5, 5.41) is 18.0. The number of hydrogen-bond donors (Lipinski definition) is 3. The molecule has 0 bridgehead atoms. The number of benzene rings is 1. The van der Waals surface area contributed by atoms with Gasteiger partial charge in [0.05, 0.1) is 11.3 Å². The lowest BCUT2D eigenvalue weighted by Crippen LogP contribution is -2.41. The Morgan fingerprint density at radius 1 is 1.45 bits per heavy atom. The molecular formula is C14H19FN2O3. The Morgan fingerprint density at radius 2 is 2.15 bits per heavy atom. The molecule has 0 heterocycles. The van der Waals surface area contributed by atoms with E-state index in [1.165, 1.54) is 6.07 Å². The summed E-state index contributed by atoms with van der Waals surface area (Å²) in [6.45, 7) is 0.520. The van der Waals surface area contributed by atoms with Crippen LogP contribution in [0.5, 0.6) is 0 Å². The second-order valence-corrected chi connectivity index (χ2v) is 5.05. The van der Waals surface area contributed by atoms with Crippen LogP contribution in [-0.2, 0) is 0 Å². The van der Waals surface area contributed by atoms with Crippen molar-refractivity contribution in [3.8, 4) is 0 Å². The first kappa shape index (κ1) is 14.6. The average Bonchev–Trinajstić information content (AvgIpc) is 2.32. The fourth-order valence-corrected chi connectivity index (χ4v) is 2.42. The standard InChI is InChI=1S/C14H19FN2O3/c15-11-8-12(16)10(14(19)20)7-13(11)17(5-2-6-18)9-3-1-4-9/h7-9,18H,1-6,16H2,(H,19,20). The number of carboxylic acid groups (broad SMARTS) is 1. The Morgan fingerprint density at radius 3 is 2.65 bits per heavy atom. The molecule has 0 atom stereocenters. The number of carbonyl (C=O) groups is 1. The minimum atomic E-state index is -1.17. The van der Waals surface area contributed by atoms with E-state index in [2.05, 4.69) is 0 Å². The van der Waals surface area contributed by atoms with Crippen molar-refractivity contribution in [3.05, 3.63) is 23.5 Å². The third-order valence-corrected chi connectivity index (χ3v) is 3.73. The van der Waals surface area contributed by atoms with Gasteiger partial charge in [0.15, 0.2) is 0 Å². The van der Waals surface area contributed by atoms with E-state index >= 15 is 0 Å². The summed E-state index contributed by atoms with van der Waals surface area (Å²) in [4.78, 5) is 13.0. The quantitative estimate of drug-likeness (QED) is 0.693. The van der Waals surface area contributed by atoms with Crippen molar-refractivity contribution < 1.29 is 19.4 Å². The Balaban J connectivity index is 2.35. The number of rotatable bonds is 6. The number of aliphatic hydroxyl groups is 1. The number of hydrogen-bond acceptors (Lipinski definition) is 4. The Kier molecular flexibility index (Phi) is 4.44. The molecule has 1 aromatic rings. The lowest BCUT2D eigenvalue weighted by molar-refractivity contribution is 0.0698. The number of halogens is 1. The summed E-state index contributed by atoms with van der Waals surface area (Å²) in [7, 11) is 0. The fourth-order valence-electron chi connectivity index (χ4n) is 2.42. The monoisotopic (exact) mass is 282 g/mol. The maximum atomic E-state index is 14.1. The Labute approximate surface area is 116 Å². The SMILES string of the molecule is Nc1cc(F)c(N(CCCO)C2CCC2)cc1C(=O)O. The molecule has 0 saturated heterocycles. The van der Waals surface area contributed by atoms with Gasteiger partial charge in [-0.25, -0.2) is 9.18 Å². The zero-order valence-corrected chi connectivity index (χ0v) is 11.2. The zero-order valence-electron chi connectivity index (χ0n) is 11.2. The van der Waals surface area contributed by atoms with Gasteiger partial charge in [-0.3, -0.25) is 0 Å². The first-order valence-electron chi connectivity index (χ1n) is 6.74. The summed E-state index contributed by atoms with van der Waals surface area (Å²) in [5.41, 5.74) is 5.63. The predicted octanol–water partition coefficient (Wildman–Crippen LogP) is 1.85. The minimum absolute atomic E-state index is 0.0194. The second kappa shape index (κ2) is 6.09. The fraction of sp³-hybridized carbons (Fsp3) is 0.500. The molecule has 6 heteroatoms. The van der Waals surface area contributed by atoms with Gasteiger partial charge in [-0.1, -0.05) is 0 Å². The molecule has 1 aliphatic carbocycles. The minimum Gasteiger partial charge on any atom is -0.478 e. The first-order chi connectivity index (χ1) is 9.54. The topological polar surface area (TPSA) is 86.8 Å². The van der Waals surface area contributed by atoms with Crippen molar-refractivity contribution in [2.75, 3.05) is 23.8 Å². The van der Waals surface area contributed by atoms with E-state index in [1.807, 2.05) is 4.90 Å². The number of nitrogens with zero attached hydrogens (tertiary/aromatic N) is 1. The van der Waals surface area contributed by atoms with E-state index in [4.69, 9.17) is 15.9 Å². The van der Waals surface area contributed by atoms with Crippen LogP contribution in [0.25, 0.3) is 0 Å². The summed E-state index contributed by atoms with van der Waals surface area (Å²) in [6, 6.07) is 2.56. The van der Waals surface area contributed by atoms with Crippen LogP contribution in [0.15, 0.2) is 12.1 Å². The molecule has 1 aromatic carbocycles. The molecule has 0 spiro atoms. The van der Waals surface area contributed by atoms with Gasteiger partial charge in [-0.2, -0.15) is 0 Å². The summed E-state index contributed by atoms with van der Waals surface area (Å²) in [6.07, 6.45) is 3.51. The van der Waals surface area contributed by atoms with Gasteiger partial charge < -0.3 is 20.8 Å². The molecule has 0 aromatic heterocycles. The molecule has 1 aliphatic rings. The number of aliphatic hydroxyl groups excluding tert-OH is 1. The van der Waals surface area contributed by atoms with Crippen LogP contribution in [0, 0.1) is 5.82 Å². The number of aromatic carboxylic acids is 1. The smallest absolute Gasteiger partial charge is 0.337 e. The van der Waals surface area contributed by atoms with Crippen LogP contribution >= 0.6 is 0 Å². The highest BCUT2D eigenvalue weighted by atomic mass is 19.1. The summed E-state index contributed by atoms with van der Waals surface area (Å²) >= 11 is 0. The Bertz CT molecular complexity index is 503. The highest BCUT2D eigenvalue weighted by Gasteiger charge is 2.27. The highest BCUT2D eigenvalue weighted by Crippen LogP contribution is 2.33. The number of nitrogen functional groups attached to an aromatic ring is 1. The molecule has 1 fully saturated rings. The lowest BCUT2D eigenvalue weighted by atomic mass is 9.90. The maximum absolute atomic E-state index is 14.1. The van der Waals surface area contributed by atoms with Crippen molar-refractivity contribution in [3.63, 3.8) is 0 Å². The maximum Gasteiger partial charge on any atom is 0.337 e. The first-order valence-corrected chi connectivity index (χ1v) is 6.74. The van der Waals surface area contributed by atoms with Gasteiger partial charge >= 0.3 is 5.97 Å². The Hall–Kier alpha value is -1.82. The van der Waals surface area contributed by atoms with E-state index in [-0.39, 0.29) is 29.6 Å². The van der Waals surface area contributed by atoms with E-state index in [0.29, 0.717) is 13.0 Å². The summed E-state index contributed by atoms with van der Waals surface area (Å²) < 4.78 is 14.1.